The van der Waals surface area contributed by atoms with E-state index in [9.17, 15) is 13.6 Å². The van der Waals surface area contributed by atoms with Crippen LogP contribution < -0.4 is 15.5 Å². The lowest BCUT2D eigenvalue weighted by Gasteiger charge is -2.27. The lowest BCUT2D eigenvalue weighted by molar-refractivity contribution is 0.122. The van der Waals surface area contributed by atoms with Crippen molar-refractivity contribution in [3.8, 4) is 11.3 Å². The minimum absolute atomic E-state index is 0.0192. The van der Waals surface area contributed by atoms with Crippen LogP contribution in [-0.4, -0.2) is 42.5 Å². The van der Waals surface area contributed by atoms with Gasteiger partial charge in [0.1, 0.15) is 11.6 Å². The van der Waals surface area contributed by atoms with E-state index in [0.717, 1.165) is 42.7 Å². The topological polar surface area (TPSA) is 79.4 Å². The van der Waals surface area contributed by atoms with E-state index in [0.29, 0.717) is 24.6 Å². The number of morpholine rings is 1. The van der Waals surface area contributed by atoms with Crippen LogP contribution in [0, 0.1) is 11.6 Å². The second kappa shape index (κ2) is 8.83. The van der Waals surface area contributed by atoms with Gasteiger partial charge in [0.15, 0.2) is 5.82 Å². The Hall–Kier alpha value is -3.59. The van der Waals surface area contributed by atoms with Crippen LogP contribution in [-0.2, 0) is 4.74 Å². The number of ether oxygens (including phenoxy) is 1. The maximum atomic E-state index is 13.3. The van der Waals surface area contributed by atoms with Crippen LogP contribution in [0.3, 0.4) is 0 Å². The molecule has 2 amide bonds. The number of hydrogen-bond donors (Lipinski definition) is 2. The van der Waals surface area contributed by atoms with Gasteiger partial charge in [0.25, 0.3) is 0 Å². The predicted octanol–water partition coefficient (Wildman–Crippen LogP) is 3.90. The molecule has 0 aliphatic carbocycles. The molecule has 2 N–H and O–H groups in total. The van der Waals surface area contributed by atoms with E-state index >= 15 is 0 Å². The summed E-state index contributed by atoms with van der Waals surface area (Å²) < 4.78 is 31.9. The zero-order valence-electron chi connectivity index (χ0n) is 15.9. The van der Waals surface area contributed by atoms with Gasteiger partial charge in [-0.05, 0) is 36.4 Å². The van der Waals surface area contributed by atoms with Crippen molar-refractivity contribution in [2.75, 3.05) is 41.8 Å². The number of carbonyl (C=O) groups excluding carboxylic acids is 1. The lowest BCUT2D eigenvalue weighted by atomic mass is 10.1. The summed E-state index contributed by atoms with van der Waals surface area (Å²) in [5.74, 6) is -0.754. The summed E-state index contributed by atoms with van der Waals surface area (Å²) in [5.41, 5.74) is 1.94. The Morgan fingerprint density at radius 2 is 1.63 bits per heavy atom. The molecule has 1 fully saturated rings. The maximum absolute atomic E-state index is 13.3. The van der Waals surface area contributed by atoms with Gasteiger partial charge >= 0.3 is 6.03 Å². The molecule has 30 heavy (non-hydrogen) atoms. The molecule has 0 bridgehead atoms. The van der Waals surface area contributed by atoms with Crippen LogP contribution in [0.25, 0.3) is 11.3 Å². The predicted molar refractivity (Wildman–Crippen MR) is 109 cm³/mol. The molecule has 4 rings (SSSR count). The van der Waals surface area contributed by atoms with Gasteiger partial charge in [-0.25, -0.2) is 13.6 Å². The van der Waals surface area contributed by atoms with Gasteiger partial charge in [-0.1, -0.05) is 12.1 Å². The van der Waals surface area contributed by atoms with Crippen molar-refractivity contribution in [2.45, 2.75) is 0 Å². The smallest absolute Gasteiger partial charge is 0.323 e. The molecule has 1 aliphatic heterocycles. The third kappa shape index (κ3) is 4.87. The van der Waals surface area contributed by atoms with E-state index in [2.05, 4.69) is 25.7 Å². The molecular formula is C21H19F2N5O2. The van der Waals surface area contributed by atoms with Gasteiger partial charge in [-0.15, -0.1) is 10.2 Å². The lowest BCUT2D eigenvalue weighted by Crippen LogP contribution is -2.36. The molecule has 9 heteroatoms. The van der Waals surface area contributed by atoms with E-state index < -0.39 is 17.7 Å². The summed E-state index contributed by atoms with van der Waals surface area (Å²) in [5, 5.41) is 13.6. The highest BCUT2D eigenvalue weighted by molar-refractivity contribution is 6.00. The Morgan fingerprint density at radius 3 is 2.33 bits per heavy atom. The Bertz CT molecular complexity index is 1020. The molecular weight excluding hydrogens is 392 g/mol. The number of hydrogen-bond acceptors (Lipinski definition) is 5. The number of anilines is 3. The number of benzene rings is 2. The molecule has 1 aliphatic rings. The fourth-order valence-electron chi connectivity index (χ4n) is 3.12. The maximum Gasteiger partial charge on any atom is 0.323 e. The van der Waals surface area contributed by atoms with Gasteiger partial charge in [-0.3, -0.25) is 0 Å². The first-order valence-corrected chi connectivity index (χ1v) is 9.38. The second-order valence-electron chi connectivity index (χ2n) is 6.69. The number of aromatic nitrogens is 2. The number of nitrogens with zero attached hydrogens (tertiary/aromatic N) is 3. The van der Waals surface area contributed by atoms with E-state index in [1.165, 1.54) is 0 Å². The van der Waals surface area contributed by atoms with Crippen molar-refractivity contribution in [1.29, 1.82) is 0 Å². The molecule has 0 saturated carbocycles. The van der Waals surface area contributed by atoms with Crippen molar-refractivity contribution in [3.05, 3.63) is 66.2 Å². The van der Waals surface area contributed by atoms with Crippen molar-refractivity contribution >= 4 is 23.2 Å². The summed E-state index contributed by atoms with van der Waals surface area (Å²) in [6, 6.07) is 13.0. The van der Waals surface area contributed by atoms with Crippen molar-refractivity contribution in [3.63, 3.8) is 0 Å². The van der Waals surface area contributed by atoms with Crippen molar-refractivity contribution in [2.24, 2.45) is 0 Å². The van der Waals surface area contributed by atoms with E-state index in [1.807, 2.05) is 18.2 Å². The van der Waals surface area contributed by atoms with Gasteiger partial charge in [0, 0.05) is 36.1 Å². The fourth-order valence-corrected chi connectivity index (χ4v) is 3.12. The van der Waals surface area contributed by atoms with Crippen LogP contribution in [0.5, 0.6) is 0 Å². The van der Waals surface area contributed by atoms with Crippen LogP contribution in [0.4, 0.5) is 30.8 Å². The first-order chi connectivity index (χ1) is 14.6. The Labute approximate surface area is 171 Å². The summed E-state index contributed by atoms with van der Waals surface area (Å²) in [6.07, 6.45) is 0. The molecule has 0 unspecified atom stereocenters. The highest BCUT2D eigenvalue weighted by Crippen LogP contribution is 2.22. The molecule has 1 aromatic heterocycles. The molecule has 0 spiro atoms. The van der Waals surface area contributed by atoms with Crippen LogP contribution >= 0.6 is 0 Å². The Morgan fingerprint density at radius 1 is 0.900 bits per heavy atom. The largest absolute Gasteiger partial charge is 0.378 e. The summed E-state index contributed by atoms with van der Waals surface area (Å²) in [4.78, 5) is 14.3. The zero-order valence-corrected chi connectivity index (χ0v) is 15.9. The molecule has 0 radical (unpaired) electrons. The van der Waals surface area contributed by atoms with E-state index in [1.54, 1.807) is 18.2 Å². The molecule has 1 saturated heterocycles. The van der Waals surface area contributed by atoms with Crippen molar-refractivity contribution < 1.29 is 18.3 Å². The summed E-state index contributed by atoms with van der Waals surface area (Å²) >= 11 is 0. The van der Waals surface area contributed by atoms with Gasteiger partial charge in [0.2, 0.25) is 0 Å². The van der Waals surface area contributed by atoms with Crippen molar-refractivity contribution in [1.82, 2.24) is 10.2 Å². The third-order valence-corrected chi connectivity index (χ3v) is 4.52. The van der Waals surface area contributed by atoms with Crippen LogP contribution in [0.1, 0.15) is 0 Å². The molecule has 7 nitrogen and oxygen atoms in total. The first kappa shape index (κ1) is 19.7. The number of urea groups is 1. The standard InChI is InChI=1S/C21H19F2N5O2/c22-15-11-16(23)13-18(12-15)25-21(29)24-17-3-1-2-14(10-17)19-4-5-20(27-26-19)28-6-8-30-9-7-28/h1-5,10-13H,6-9H2,(H2,24,25,29). The number of nitrogens with one attached hydrogen (secondary N) is 2. The zero-order chi connectivity index (χ0) is 20.9. The average molecular weight is 411 g/mol. The number of carbonyl (C=O) groups is 1. The van der Waals surface area contributed by atoms with E-state index in [-0.39, 0.29) is 5.69 Å². The quantitative estimate of drug-likeness (QED) is 0.681. The molecule has 3 aromatic rings. The van der Waals surface area contributed by atoms with Crippen LogP contribution in [0.15, 0.2) is 54.6 Å². The molecule has 0 atom stereocenters. The minimum atomic E-state index is -0.772. The van der Waals surface area contributed by atoms with Crippen LogP contribution in [0.2, 0.25) is 0 Å². The van der Waals surface area contributed by atoms with Gasteiger partial charge < -0.3 is 20.3 Å². The first-order valence-electron chi connectivity index (χ1n) is 9.38. The number of rotatable bonds is 4. The Balaban J connectivity index is 1.43. The normalized spacial score (nSPS) is 13.7. The fraction of sp³-hybridized carbons (Fsp3) is 0.190. The summed E-state index contributed by atoms with van der Waals surface area (Å²) in [6.45, 7) is 2.89. The molecule has 2 heterocycles. The highest BCUT2D eigenvalue weighted by atomic mass is 19.1. The molecule has 154 valence electrons. The number of halogens is 2. The summed E-state index contributed by atoms with van der Waals surface area (Å²) in [7, 11) is 0. The SMILES string of the molecule is O=C(Nc1cc(F)cc(F)c1)Nc1cccc(-c2ccc(N3CCOCC3)nn2)c1. The average Bonchev–Trinajstić information content (AvgIpc) is 2.74. The third-order valence-electron chi connectivity index (χ3n) is 4.52. The second-order valence-corrected chi connectivity index (χ2v) is 6.69. The van der Waals surface area contributed by atoms with Gasteiger partial charge in [0.05, 0.1) is 18.9 Å². The van der Waals surface area contributed by atoms with Gasteiger partial charge in [-0.2, -0.15) is 0 Å². The minimum Gasteiger partial charge on any atom is -0.378 e. The Kier molecular flexibility index (Phi) is 5.80. The monoisotopic (exact) mass is 411 g/mol. The molecule has 2 aromatic carbocycles. The van der Waals surface area contributed by atoms with E-state index in [4.69, 9.17) is 4.74 Å². The number of amides is 2. The highest BCUT2D eigenvalue weighted by Gasteiger charge is 2.13.